The summed E-state index contributed by atoms with van der Waals surface area (Å²) in [5.41, 5.74) is 0. The molecule has 1 aliphatic heterocycles. The van der Waals surface area contributed by atoms with Gasteiger partial charge in [0.2, 0.25) is 0 Å². The van der Waals surface area contributed by atoms with Crippen LogP contribution >= 0.6 is 0 Å². The molecule has 17 heavy (non-hydrogen) atoms. The Kier molecular flexibility index (Phi) is 5.80. The normalized spacial score (nSPS) is 20.1. The topological polar surface area (TPSA) is 69.6 Å². The molecule has 2 amide bonds. The van der Waals surface area contributed by atoms with E-state index in [0.29, 0.717) is 26.1 Å². The molecule has 0 aromatic carbocycles. The van der Waals surface area contributed by atoms with Gasteiger partial charge in [-0.2, -0.15) is 0 Å². The van der Waals surface area contributed by atoms with E-state index < -0.39 is 11.9 Å². The summed E-state index contributed by atoms with van der Waals surface area (Å²) < 4.78 is 0. The van der Waals surface area contributed by atoms with Crippen molar-refractivity contribution in [2.75, 3.05) is 19.6 Å². The van der Waals surface area contributed by atoms with E-state index in [1.807, 2.05) is 0 Å². The summed E-state index contributed by atoms with van der Waals surface area (Å²) in [6, 6.07) is -0.118. The summed E-state index contributed by atoms with van der Waals surface area (Å²) in [6.45, 7) is 3.81. The molecule has 0 saturated carbocycles. The van der Waals surface area contributed by atoms with Crippen molar-refractivity contribution in [1.82, 2.24) is 10.2 Å². The second-order valence-electron chi connectivity index (χ2n) is 4.56. The van der Waals surface area contributed by atoms with E-state index in [9.17, 15) is 9.59 Å². The molecule has 0 spiro atoms. The quantitative estimate of drug-likeness (QED) is 0.721. The number of piperidine rings is 1. The molecular formula is C12H22N2O3. The van der Waals surface area contributed by atoms with Gasteiger partial charge in [-0.1, -0.05) is 19.8 Å². The van der Waals surface area contributed by atoms with Crippen molar-refractivity contribution in [3.05, 3.63) is 0 Å². The molecule has 5 heteroatoms. The average molecular weight is 242 g/mol. The molecule has 1 rings (SSSR count). The number of nitrogens with zero attached hydrogens (tertiary/aromatic N) is 1. The average Bonchev–Trinajstić information content (AvgIpc) is 2.34. The zero-order valence-electron chi connectivity index (χ0n) is 10.4. The fourth-order valence-corrected chi connectivity index (χ4v) is 2.05. The van der Waals surface area contributed by atoms with Crippen molar-refractivity contribution in [1.29, 1.82) is 0 Å². The summed E-state index contributed by atoms with van der Waals surface area (Å²) in [7, 11) is 0. The minimum absolute atomic E-state index is 0.118. The van der Waals surface area contributed by atoms with Gasteiger partial charge >= 0.3 is 12.0 Å². The smallest absolute Gasteiger partial charge is 0.317 e. The molecule has 0 unspecified atom stereocenters. The van der Waals surface area contributed by atoms with Crippen LogP contribution in [0.4, 0.5) is 4.79 Å². The number of carboxylic acids is 1. The summed E-state index contributed by atoms with van der Waals surface area (Å²) in [6.07, 6.45) is 4.67. The van der Waals surface area contributed by atoms with Crippen LogP contribution in [-0.2, 0) is 4.79 Å². The first-order valence-electron chi connectivity index (χ1n) is 6.40. The van der Waals surface area contributed by atoms with E-state index in [1.165, 1.54) is 0 Å². The number of nitrogens with one attached hydrogen (secondary N) is 1. The molecule has 1 atom stereocenters. The first-order valence-corrected chi connectivity index (χ1v) is 6.40. The highest BCUT2D eigenvalue weighted by atomic mass is 16.4. The second-order valence-corrected chi connectivity index (χ2v) is 4.56. The number of carboxylic acid groups (broad SMARTS) is 1. The van der Waals surface area contributed by atoms with Gasteiger partial charge in [0.1, 0.15) is 0 Å². The second kappa shape index (κ2) is 7.14. The molecular weight excluding hydrogens is 220 g/mol. The zero-order chi connectivity index (χ0) is 12.7. The van der Waals surface area contributed by atoms with Crippen molar-refractivity contribution >= 4 is 12.0 Å². The van der Waals surface area contributed by atoms with Crippen molar-refractivity contribution in [2.24, 2.45) is 5.92 Å². The van der Waals surface area contributed by atoms with Crippen molar-refractivity contribution in [3.63, 3.8) is 0 Å². The molecule has 98 valence electrons. The molecule has 1 heterocycles. The highest BCUT2D eigenvalue weighted by Crippen LogP contribution is 2.16. The summed E-state index contributed by atoms with van der Waals surface area (Å²) >= 11 is 0. The lowest BCUT2D eigenvalue weighted by atomic mass is 9.99. The molecule has 0 radical (unpaired) electrons. The lowest BCUT2D eigenvalue weighted by Crippen LogP contribution is -2.47. The molecule has 0 aromatic rings. The predicted octanol–water partition coefficient (Wildman–Crippen LogP) is 1.68. The van der Waals surface area contributed by atoms with Crippen LogP contribution in [-0.4, -0.2) is 41.6 Å². The molecule has 1 saturated heterocycles. The van der Waals surface area contributed by atoms with E-state index in [0.717, 1.165) is 25.7 Å². The Bertz CT molecular complexity index is 268. The lowest BCUT2D eigenvalue weighted by molar-refractivity contribution is -0.143. The Morgan fingerprint density at radius 2 is 2.18 bits per heavy atom. The van der Waals surface area contributed by atoms with Crippen LogP contribution < -0.4 is 5.32 Å². The van der Waals surface area contributed by atoms with Gasteiger partial charge in [-0.05, 0) is 19.3 Å². The Morgan fingerprint density at radius 3 is 2.82 bits per heavy atom. The van der Waals surface area contributed by atoms with Crippen LogP contribution in [0.25, 0.3) is 0 Å². The summed E-state index contributed by atoms with van der Waals surface area (Å²) in [5, 5.41) is 11.8. The third kappa shape index (κ3) is 4.63. The van der Waals surface area contributed by atoms with Crippen LogP contribution in [0, 0.1) is 5.92 Å². The van der Waals surface area contributed by atoms with E-state index >= 15 is 0 Å². The Labute approximate surface area is 102 Å². The summed E-state index contributed by atoms with van der Waals surface area (Å²) in [5.74, 6) is -1.20. The molecule has 2 N–H and O–H groups in total. The number of hydrogen-bond acceptors (Lipinski definition) is 2. The van der Waals surface area contributed by atoms with Crippen molar-refractivity contribution < 1.29 is 14.7 Å². The fourth-order valence-electron chi connectivity index (χ4n) is 2.05. The number of hydrogen-bond donors (Lipinski definition) is 2. The molecule has 5 nitrogen and oxygen atoms in total. The van der Waals surface area contributed by atoms with E-state index in [2.05, 4.69) is 12.2 Å². The number of urea groups is 1. The first kappa shape index (κ1) is 13.8. The maximum atomic E-state index is 11.8. The lowest BCUT2D eigenvalue weighted by Gasteiger charge is -2.30. The molecule has 0 aliphatic carbocycles. The van der Waals surface area contributed by atoms with Gasteiger partial charge in [0.25, 0.3) is 0 Å². The van der Waals surface area contributed by atoms with Gasteiger partial charge in [0.05, 0.1) is 5.92 Å². The number of likely N-dealkylation sites (tertiary alicyclic amines) is 1. The molecule has 0 aromatic heterocycles. The third-order valence-electron chi connectivity index (χ3n) is 3.11. The van der Waals surface area contributed by atoms with Gasteiger partial charge in [-0.25, -0.2) is 4.79 Å². The number of rotatable bonds is 5. The monoisotopic (exact) mass is 242 g/mol. The van der Waals surface area contributed by atoms with Gasteiger partial charge in [-0.3, -0.25) is 4.79 Å². The van der Waals surface area contributed by atoms with Crippen LogP contribution in [0.2, 0.25) is 0 Å². The van der Waals surface area contributed by atoms with Gasteiger partial charge in [0, 0.05) is 19.6 Å². The molecule has 1 fully saturated rings. The van der Waals surface area contributed by atoms with Crippen LogP contribution in [0.3, 0.4) is 0 Å². The van der Waals surface area contributed by atoms with Gasteiger partial charge < -0.3 is 15.3 Å². The van der Waals surface area contributed by atoms with Crippen LogP contribution in [0.5, 0.6) is 0 Å². The number of amides is 2. The summed E-state index contributed by atoms with van der Waals surface area (Å²) in [4.78, 5) is 24.2. The maximum absolute atomic E-state index is 11.8. The highest BCUT2D eigenvalue weighted by molar-refractivity contribution is 5.76. The van der Waals surface area contributed by atoms with Crippen molar-refractivity contribution in [3.8, 4) is 0 Å². The largest absolute Gasteiger partial charge is 0.481 e. The van der Waals surface area contributed by atoms with E-state index in [1.54, 1.807) is 4.90 Å². The Morgan fingerprint density at radius 1 is 1.41 bits per heavy atom. The standard InChI is InChI=1S/C12H22N2O3/c1-2-3-4-7-13-12(17)14-8-5-6-10(9-14)11(15)16/h10H,2-9H2,1H3,(H,13,17)(H,15,16)/t10-/m0/s1. The Hall–Kier alpha value is -1.26. The Balaban J connectivity index is 2.28. The van der Waals surface area contributed by atoms with Gasteiger partial charge in [-0.15, -0.1) is 0 Å². The maximum Gasteiger partial charge on any atom is 0.317 e. The van der Waals surface area contributed by atoms with Crippen LogP contribution in [0.15, 0.2) is 0 Å². The zero-order valence-corrected chi connectivity index (χ0v) is 10.4. The molecule has 0 bridgehead atoms. The van der Waals surface area contributed by atoms with E-state index in [-0.39, 0.29) is 6.03 Å². The first-order chi connectivity index (χ1) is 8.15. The van der Waals surface area contributed by atoms with E-state index in [4.69, 9.17) is 5.11 Å². The fraction of sp³-hybridized carbons (Fsp3) is 0.833. The SMILES string of the molecule is CCCCCNC(=O)N1CCC[C@H](C(=O)O)C1. The predicted molar refractivity (Wildman–Crippen MR) is 64.9 cm³/mol. The highest BCUT2D eigenvalue weighted by Gasteiger charge is 2.27. The number of aliphatic carboxylic acids is 1. The van der Waals surface area contributed by atoms with Crippen molar-refractivity contribution in [2.45, 2.75) is 39.0 Å². The minimum atomic E-state index is -0.798. The number of carbonyl (C=O) groups is 2. The molecule has 1 aliphatic rings. The van der Waals surface area contributed by atoms with Crippen LogP contribution in [0.1, 0.15) is 39.0 Å². The third-order valence-corrected chi connectivity index (χ3v) is 3.11. The number of unbranched alkanes of at least 4 members (excludes halogenated alkanes) is 2. The number of carbonyl (C=O) groups excluding carboxylic acids is 1. The van der Waals surface area contributed by atoms with Gasteiger partial charge in [0.15, 0.2) is 0 Å². The minimum Gasteiger partial charge on any atom is -0.481 e.